The lowest BCUT2D eigenvalue weighted by Crippen LogP contribution is -2.30. The van der Waals surface area contributed by atoms with E-state index in [9.17, 15) is 0 Å². The Kier molecular flexibility index (Phi) is 3.11. The molecule has 0 radical (unpaired) electrons. The molecule has 0 aromatic rings. The molecule has 1 aliphatic heterocycles. The van der Waals surface area contributed by atoms with Gasteiger partial charge in [-0.15, -0.1) is 6.58 Å². The van der Waals surface area contributed by atoms with Crippen molar-refractivity contribution in [3.63, 3.8) is 0 Å². The third-order valence-corrected chi connectivity index (χ3v) is 1.73. The van der Waals surface area contributed by atoms with Crippen molar-refractivity contribution in [1.82, 2.24) is 4.90 Å². The molecule has 0 aromatic carbocycles. The van der Waals surface area contributed by atoms with Crippen LogP contribution in [-0.2, 0) is 0 Å². The van der Waals surface area contributed by atoms with Crippen LogP contribution in [0.25, 0.3) is 0 Å². The van der Waals surface area contributed by atoms with Gasteiger partial charge in [-0.2, -0.15) is 0 Å². The molecule has 0 amide bonds. The fourth-order valence-electron chi connectivity index (χ4n) is 1.21. The number of rotatable bonds is 4. The van der Waals surface area contributed by atoms with E-state index in [4.69, 9.17) is 5.11 Å². The van der Waals surface area contributed by atoms with E-state index in [1.165, 1.54) is 0 Å². The molecule has 0 saturated heterocycles. The third kappa shape index (κ3) is 2.05. The van der Waals surface area contributed by atoms with Gasteiger partial charge >= 0.3 is 0 Å². The number of nitrogens with zero attached hydrogens (tertiary/aromatic N) is 2. The van der Waals surface area contributed by atoms with Gasteiger partial charge in [0.25, 0.3) is 0 Å². The highest BCUT2D eigenvalue weighted by molar-refractivity contribution is 5.84. The molecule has 62 valence electrons. The number of aliphatic hydroxyl groups excluding tert-OH is 1. The van der Waals surface area contributed by atoms with Gasteiger partial charge in [0.1, 0.15) is 5.84 Å². The Balaban J connectivity index is 2.41. The van der Waals surface area contributed by atoms with Crippen LogP contribution in [0, 0.1) is 0 Å². The lowest BCUT2D eigenvalue weighted by molar-refractivity contribution is 0.255. The highest BCUT2D eigenvalue weighted by Crippen LogP contribution is 2.04. The second-order valence-corrected chi connectivity index (χ2v) is 2.50. The maximum absolute atomic E-state index is 8.69. The van der Waals surface area contributed by atoms with Gasteiger partial charge in [-0.25, -0.2) is 0 Å². The Morgan fingerprint density at radius 1 is 1.73 bits per heavy atom. The second kappa shape index (κ2) is 4.13. The summed E-state index contributed by atoms with van der Waals surface area (Å²) in [4.78, 5) is 6.38. The molecular formula is C8H14N2O. The van der Waals surface area contributed by atoms with E-state index >= 15 is 0 Å². The molecule has 3 heteroatoms. The minimum atomic E-state index is 0.205. The lowest BCUT2D eigenvalue weighted by Gasteiger charge is -2.17. The molecule has 0 aromatic heterocycles. The third-order valence-electron chi connectivity index (χ3n) is 1.73. The van der Waals surface area contributed by atoms with Crippen LogP contribution in [0.2, 0.25) is 0 Å². The highest BCUT2D eigenvalue weighted by atomic mass is 16.3. The first-order valence-corrected chi connectivity index (χ1v) is 3.88. The molecule has 0 bridgehead atoms. The Bertz CT molecular complexity index is 165. The van der Waals surface area contributed by atoms with Gasteiger partial charge in [-0.3, -0.25) is 4.99 Å². The standard InChI is InChI=1S/C8H14N2O/c1-2-3-8-9-4-5-10(8)6-7-11/h2,11H,1,3-7H2. The summed E-state index contributed by atoms with van der Waals surface area (Å²) >= 11 is 0. The molecular weight excluding hydrogens is 140 g/mol. The molecule has 1 aliphatic rings. The van der Waals surface area contributed by atoms with Gasteiger partial charge in [-0.05, 0) is 0 Å². The zero-order chi connectivity index (χ0) is 8.10. The maximum atomic E-state index is 8.69. The summed E-state index contributed by atoms with van der Waals surface area (Å²) in [6.45, 7) is 6.37. The molecule has 1 heterocycles. The number of β-amino-alcohol motifs (C(OH)–C–C–N with tert-alkyl or cyclic N) is 1. The van der Waals surface area contributed by atoms with Crippen LogP contribution in [0.15, 0.2) is 17.6 Å². The summed E-state index contributed by atoms with van der Waals surface area (Å²) in [6, 6.07) is 0. The van der Waals surface area contributed by atoms with Gasteiger partial charge < -0.3 is 10.0 Å². The number of hydrogen-bond donors (Lipinski definition) is 1. The molecule has 11 heavy (non-hydrogen) atoms. The van der Waals surface area contributed by atoms with E-state index in [1.54, 1.807) is 0 Å². The molecule has 0 unspecified atom stereocenters. The van der Waals surface area contributed by atoms with Crippen LogP contribution in [0.4, 0.5) is 0 Å². The van der Waals surface area contributed by atoms with Crippen molar-refractivity contribution in [3.05, 3.63) is 12.7 Å². The summed E-state index contributed by atoms with van der Waals surface area (Å²) < 4.78 is 0. The Labute approximate surface area is 67.0 Å². The summed E-state index contributed by atoms with van der Waals surface area (Å²) in [5, 5.41) is 8.69. The zero-order valence-corrected chi connectivity index (χ0v) is 6.66. The molecule has 3 nitrogen and oxygen atoms in total. The number of amidine groups is 1. The smallest absolute Gasteiger partial charge is 0.103 e. The molecule has 0 aliphatic carbocycles. The van der Waals surface area contributed by atoms with Crippen molar-refractivity contribution in [2.75, 3.05) is 26.2 Å². The summed E-state index contributed by atoms with van der Waals surface area (Å²) in [6.07, 6.45) is 2.66. The maximum Gasteiger partial charge on any atom is 0.103 e. The zero-order valence-electron chi connectivity index (χ0n) is 6.66. The summed E-state index contributed by atoms with van der Waals surface area (Å²) in [5.74, 6) is 1.06. The molecule has 0 spiro atoms. The first kappa shape index (κ1) is 8.27. The van der Waals surface area contributed by atoms with Gasteiger partial charge in [0.15, 0.2) is 0 Å². The van der Waals surface area contributed by atoms with Crippen LogP contribution in [0.1, 0.15) is 6.42 Å². The fraction of sp³-hybridized carbons (Fsp3) is 0.625. The van der Waals surface area contributed by atoms with Crippen molar-refractivity contribution in [2.45, 2.75) is 6.42 Å². The Hall–Kier alpha value is -0.830. The Morgan fingerprint density at radius 2 is 2.55 bits per heavy atom. The van der Waals surface area contributed by atoms with Crippen molar-refractivity contribution < 1.29 is 5.11 Å². The molecule has 0 fully saturated rings. The van der Waals surface area contributed by atoms with Crippen molar-refractivity contribution in [3.8, 4) is 0 Å². The molecule has 1 rings (SSSR count). The Morgan fingerprint density at radius 3 is 3.18 bits per heavy atom. The number of aliphatic hydroxyl groups is 1. The summed E-state index contributed by atoms with van der Waals surface area (Å²) in [5.41, 5.74) is 0. The minimum absolute atomic E-state index is 0.205. The van der Waals surface area contributed by atoms with Crippen LogP contribution in [0.5, 0.6) is 0 Å². The van der Waals surface area contributed by atoms with Gasteiger partial charge in [-0.1, -0.05) is 6.08 Å². The van der Waals surface area contributed by atoms with Gasteiger partial charge in [0.2, 0.25) is 0 Å². The van der Waals surface area contributed by atoms with Crippen molar-refractivity contribution >= 4 is 5.84 Å². The van der Waals surface area contributed by atoms with Crippen LogP contribution < -0.4 is 0 Å². The molecule has 1 N–H and O–H groups in total. The van der Waals surface area contributed by atoms with E-state index in [1.807, 2.05) is 6.08 Å². The van der Waals surface area contributed by atoms with E-state index in [2.05, 4.69) is 16.5 Å². The first-order chi connectivity index (χ1) is 5.38. The molecule has 0 saturated carbocycles. The monoisotopic (exact) mass is 154 g/mol. The predicted molar refractivity (Wildman–Crippen MR) is 45.8 cm³/mol. The largest absolute Gasteiger partial charge is 0.395 e. The number of hydrogen-bond acceptors (Lipinski definition) is 3. The average Bonchev–Trinajstić information content (AvgIpc) is 2.39. The fourth-order valence-corrected chi connectivity index (χ4v) is 1.21. The lowest BCUT2D eigenvalue weighted by atomic mass is 10.3. The summed E-state index contributed by atoms with van der Waals surface area (Å²) in [7, 11) is 0. The van der Waals surface area contributed by atoms with Crippen LogP contribution in [-0.4, -0.2) is 42.1 Å². The minimum Gasteiger partial charge on any atom is -0.395 e. The van der Waals surface area contributed by atoms with E-state index < -0.39 is 0 Å². The van der Waals surface area contributed by atoms with E-state index in [0.717, 1.165) is 25.3 Å². The van der Waals surface area contributed by atoms with Crippen LogP contribution in [0.3, 0.4) is 0 Å². The normalized spacial score (nSPS) is 16.8. The van der Waals surface area contributed by atoms with E-state index in [-0.39, 0.29) is 6.61 Å². The average molecular weight is 154 g/mol. The molecule has 0 atom stereocenters. The van der Waals surface area contributed by atoms with Gasteiger partial charge in [0, 0.05) is 19.5 Å². The van der Waals surface area contributed by atoms with Crippen molar-refractivity contribution in [2.24, 2.45) is 4.99 Å². The highest BCUT2D eigenvalue weighted by Gasteiger charge is 2.13. The second-order valence-electron chi connectivity index (χ2n) is 2.50. The topological polar surface area (TPSA) is 35.8 Å². The SMILES string of the molecule is C=CCC1=NCCN1CCO. The van der Waals surface area contributed by atoms with Gasteiger partial charge in [0.05, 0.1) is 13.2 Å². The van der Waals surface area contributed by atoms with E-state index in [0.29, 0.717) is 6.54 Å². The van der Waals surface area contributed by atoms with Crippen molar-refractivity contribution in [1.29, 1.82) is 0 Å². The first-order valence-electron chi connectivity index (χ1n) is 3.88. The quantitative estimate of drug-likeness (QED) is 0.590. The number of aliphatic imine (C=N–C) groups is 1. The van der Waals surface area contributed by atoms with Crippen LogP contribution >= 0.6 is 0 Å². The predicted octanol–water partition coefficient (Wildman–Crippen LogP) is 0.269.